The van der Waals surface area contributed by atoms with E-state index in [0.717, 1.165) is 6.42 Å². The molecule has 106 valence electrons. The van der Waals surface area contributed by atoms with Crippen LogP contribution in [0.5, 0.6) is 0 Å². The van der Waals surface area contributed by atoms with Crippen LogP contribution in [0.3, 0.4) is 0 Å². The van der Waals surface area contributed by atoms with Crippen LogP contribution in [0.25, 0.3) is 11.3 Å². The molecular formula is C15H12FN3O2. The van der Waals surface area contributed by atoms with Crippen molar-refractivity contribution >= 4 is 5.91 Å². The molecule has 6 heteroatoms. The smallest absolute Gasteiger partial charge is 0.274 e. The van der Waals surface area contributed by atoms with Gasteiger partial charge in [-0.2, -0.15) is 5.26 Å². The third-order valence-electron chi connectivity index (χ3n) is 3.66. The van der Waals surface area contributed by atoms with Crippen molar-refractivity contribution in [2.45, 2.75) is 24.8 Å². The average Bonchev–Trinajstić information content (AvgIpc) is 2.93. The first-order valence-electron chi connectivity index (χ1n) is 6.59. The van der Waals surface area contributed by atoms with Gasteiger partial charge in [0.25, 0.3) is 5.91 Å². The highest BCUT2D eigenvalue weighted by Gasteiger charge is 2.39. The number of halogens is 1. The van der Waals surface area contributed by atoms with Crippen LogP contribution in [0.1, 0.15) is 29.8 Å². The van der Waals surface area contributed by atoms with Crippen LogP contribution in [-0.2, 0) is 0 Å². The average molecular weight is 285 g/mol. The van der Waals surface area contributed by atoms with Crippen molar-refractivity contribution in [1.29, 1.82) is 5.26 Å². The maximum absolute atomic E-state index is 13.6. The van der Waals surface area contributed by atoms with E-state index >= 15 is 0 Å². The zero-order valence-corrected chi connectivity index (χ0v) is 11.1. The first kappa shape index (κ1) is 13.3. The van der Waals surface area contributed by atoms with Gasteiger partial charge in [-0.25, -0.2) is 4.39 Å². The number of carbonyl (C=O) groups is 1. The highest BCUT2D eigenvalue weighted by Crippen LogP contribution is 2.31. The lowest BCUT2D eigenvalue weighted by atomic mass is 9.78. The summed E-state index contributed by atoms with van der Waals surface area (Å²) in [5.41, 5.74) is -0.522. The van der Waals surface area contributed by atoms with Crippen LogP contribution in [0, 0.1) is 17.1 Å². The molecule has 5 nitrogen and oxygen atoms in total. The second-order valence-electron chi connectivity index (χ2n) is 5.06. The van der Waals surface area contributed by atoms with E-state index in [1.165, 1.54) is 12.1 Å². The van der Waals surface area contributed by atoms with E-state index in [9.17, 15) is 9.18 Å². The van der Waals surface area contributed by atoms with E-state index in [1.807, 2.05) is 0 Å². The van der Waals surface area contributed by atoms with Crippen LogP contribution in [0.2, 0.25) is 0 Å². The summed E-state index contributed by atoms with van der Waals surface area (Å²) in [6.45, 7) is 0. The van der Waals surface area contributed by atoms with Crippen LogP contribution >= 0.6 is 0 Å². The Hall–Kier alpha value is -2.68. The molecule has 1 heterocycles. The minimum absolute atomic E-state index is 0.0368. The molecule has 0 unspecified atom stereocenters. The molecule has 1 N–H and O–H groups in total. The van der Waals surface area contributed by atoms with Crippen LogP contribution in [-0.4, -0.2) is 16.6 Å². The first-order chi connectivity index (χ1) is 10.1. The first-order valence-corrected chi connectivity index (χ1v) is 6.59. The van der Waals surface area contributed by atoms with Crippen LogP contribution in [0.15, 0.2) is 34.9 Å². The number of nitrogens with zero attached hydrogens (tertiary/aromatic N) is 2. The molecule has 0 radical (unpaired) electrons. The number of amides is 1. The van der Waals surface area contributed by atoms with Crippen molar-refractivity contribution < 1.29 is 13.7 Å². The number of rotatable bonds is 3. The summed E-state index contributed by atoms with van der Waals surface area (Å²) < 4.78 is 18.7. The normalized spacial score (nSPS) is 15.8. The van der Waals surface area contributed by atoms with Gasteiger partial charge < -0.3 is 9.84 Å². The Morgan fingerprint density at radius 1 is 1.43 bits per heavy atom. The van der Waals surface area contributed by atoms with Crippen molar-refractivity contribution in [3.8, 4) is 17.4 Å². The third kappa shape index (κ3) is 2.38. The van der Waals surface area contributed by atoms with Gasteiger partial charge >= 0.3 is 0 Å². The Labute approximate surface area is 120 Å². The number of aromatic nitrogens is 1. The summed E-state index contributed by atoms with van der Waals surface area (Å²) >= 11 is 0. The van der Waals surface area contributed by atoms with Crippen molar-refractivity contribution in [1.82, 2.24) is 10.5 Å². The Balaban J connectivity index is 1.81. The van der Waals surface area contributed by atoms with E-state index in [0.29, 0.717) is 12.8 Å². The van der Waals surface area contributed by atoms with E-state index in [1.54, 1.807) is 18.2 Å². The van der Waals surface area contributed by atoms with Crippen molar-refractivity contribution in [2.24, 2.45) is 0 Å². The number of nitriles is 1. The minimum Gasteiger partial charge on any atom is -0.355 e. The number of carbonyl (C=O) groups excluding carboxylic acids is 1. The molecule has 1 amide bonds. The SMILES string of the molecule is N#CC1(NC(=O)c2cc(-c3ccccc3F)on2)CCC1. The number of hydrogen-bond acceptors (Lipinski definition) is 4. The molecule has 0 atom stereocenters. The molecule has 2 aromatic rings. The van der Waals surface area contributed by atoms with E-state index in [4.69, 9.17) is 9.78 Å². The number of benzene rings is 1. The van der Waals surface area contributed by atoms with Crippen molar-refractivity contribution in [2.75, 3.05) is 0 Å². The van der Waals surface area contributed by atoms with Gasteiger partial charge in [-0.15, -0.1) is 0 Å². The van der Waals surface area contributed by atoms with Gasteiger partial charge in [-0.3, -0.25) is 4.79 Å². The Morgan fingerprint density at radius 3 is 2.81 bits per heavy atom. The zero-order valence-electron chi connectivity index (χ0n) is 11.1. The maximum Gasteiger partial charge on any atom is 0.274 e. The molecule has 21 heavy (non-hydrogen) atoms. The van der Waals surface area contributed by atoms with E-state index < -0.39 is 17.3 Å². The zero-order chi connectivity index (χ0) is 14.9. The van der Waals surface area contributed by atoms with Crippen LogP contribution < -0.4 is 5.32 Å². The summed E-state index contributed by atoms with van der Waals surface area (Å²) in [7, 11) is 0. The monoisotopic (exact) mass is 285 g/mol. The topological polar surface area (TPSA) is 78.9 Å². The molecule has 1 aromatic heterocycles. The summed E-state index contributed by atoms with van der Waals surface area (Å²) in [5, 5.41) is 15.4. The highest BCUT2D eigenvalue weighted by atomic mass is 19.1. The fourth-order valence-corrected chi connectivity index (χ4v) is 2.25. The standard InChI is InChI=1S/C15H12FN3O2/c16-11-5-2-1-4-10(11)13-8-12(19-21-13)14(20)18-15(9-17)6-3-7-15/h1-2,4-5,8H,3,6-7H2,(H,18,20). The molecule has 1 aliphatic carbocycles. The number of hydrogen-bond donors (Lipinski definition) is 1. The summed E-state index contributed by atoms with van der Waals surface area (Å²) in [6, 6.07) is 9.56. The lowest BCUT2D eigenvalue weighted by Crippen LogP contribution is -2.52. The molecule has 1 fully saturated rings. The van der Waals surface area contributed by atoms with Gasteiger partial charge in [0.15, 0.2) is 11.5 Å². The van der Waals surface area contributed by atoms with E-state index in [2.05, 4.69) is 16.5 Å². The maximum atomic E-state index is 13.6. The Bertz CT molecular complexity index is 729. The molecule has 0 aliphatic heterocycles. The van der Waals surface area contributed by atoms with Crippen molar-refractivity contribution in [3.05, 3.63) is 41.8 Å². The Morgan fingerprint density at radius 2 is 2.19 bits per heavy atom. The van der Waals surface area contributed by atoms with Gasteiger partial charge in [0.1, 0.15) is 11.4 Å². The van der Waals surface area contributed by atoms with Gasteiger partial charge in [0.2, 0.25) is 0 Å². The second kappa shape index (κ2) is 5.02. The van der Waals surface area contributed by atoms with Crippen molar-refractivity contribution in [3.63, 3.8) is 0 Å². The van der Waals surface area contributed by atoms with Gasteiger partial charge in [0.05, 0.1) is 11.6 Å². The van der Waals surface area contributed by atoms with Crippen LogP contribution in [0.4, 0.5) is 4.39 Å². The molecule has 1 aliphatic rings. The molecule has 3 rings (SSSR count). The van der Waals surface area contributed by atoms with Gasteiger partial charge in [-0.1, -0.05) is 17.3 Å². The lowest BCUT2D eigenvalue weighted by molar-refractivity contribution is 0.0872. The lowest BCUT2D eigenvalue weighted by Gasteiger charge is -2.35. The molecular weight excluding hydrogens is 273 g/mol. The molecule has 1 saturated carbocycles. The molecule has 0 spiro atoms. The second-order valence-corrected chi connectivity index (χ2v) is 5.06. The highest BCUT2D eigenvalue weighted by molar-refractivity contribution is 5.94. The molecule has 1 aromatic carbocycles. The Kier molecular flexibility index (Phi) is 3.18. The fraction of sp³-hybridized carbons (Fsp3) is 0.267. The predicted molar refractivity (Wildman–Crippen MR) is 71.6 cm³/mol. The predicted octanol–water partition coefficient (Wildman–Crippen LogP) is 2.66. The molecule has 0 saturated heterocycles. The molecule has 0 bridgehead atoms. The third-order valence-corrected chi connectivity index (χ3v) is 3.66. The summed E-state index contributed by atoms with van der Waals surface area (Å²) in [6.07, 6.45) is 2.17. The minimum atomic E-state index is -0.797. The van der Waals surface area contributed by atoms with E-state index in [-0.39, 0.29) is 17.0 Å². The van der Waals surface area contributed by atoms with Gasteiger partial charge in [0, 0.05) is 6.07 Å². The number of nitrogens with one attached hydrogen (secondary N) is 1. The summed E-state index contributed by atoms with van der Waals surface area (Å²) in [5.74, 6) is -0.756. The van der Waals surface area contributed by atoms with Gasteiger partial charge in [-0.05, 0) is 31.4 Å². The quantitative estimate of drug-likeness (QED) is 0.940. The summed E-state index contributed by atoms with van der Waals surface area (Å²) in [4.78, 5) is 12.1. The largest absolute Gasteiger partial charge is 0.355 e. The fourth-order valence-electron chi connectivity index (χ4n) is 2.25.